The molecule has 0 amide bonds. The highest BCUT2D eigenvalue weighted by Gasteiger charge is 2.09. The largest absolute Gasteiger partial charge is 0.382 e. The first-order valence-electron chi connectivity index (χ1n) is 6.95. The zero-order chi connectivity index (χ0) is 16.6. The van der Waals surface area contributed by atoms with Gasteiger partial charge in [-0.15, -0.1) is 0 Å². The smallest absolute Gasteiger partial charge is 0.0702 e. The Hall–Kier alpha value is -1.47. The van der Waals surface area contributed by atoms with Crippen LogP contribution in [0.5, 0.6) is 0 Å². The monoisotopic (exact) mass is 324 g/mol. The average Bonchev–Trinajstić information content (AvgIpc) is 2.54. The van der Waals surface area contributed by atoms with E-state index in [1.165, 1.54) is 0 Å². The van der Waals surface area contributed by atoms with E-state index >= 15 is 0 Å². The molecule has 0 radical (unpaired) electrons. The summed E-state index contributed by atoms with van der Waals surface area (Å²) in [4.78, 5) is 4.40. The van der Waals surface area contributed by atoms with Gasteiger partial charge in [0.1, 0.15) is 0 Å². The van der Waals surface area contributed by atoms with Gasteiger partial charge in [0.2, 0.25) is 0 Å². The van der Waals surface area contributed by atoms with Gasteiger partial charge in [0.25, 0.3) is 0 Å². The van der Waals surface area contributed by atoms with E-state index in [-0.39, 0.29) is 6.10 Å². The molecule has 0 saturated carbocycles. The van der Waals surface area contributed by atoms with Crippen molar-refractivity contribution in [2.24, 2.45) is 5.90 Å². The molecule has 0 aliphatic carbocycles. The SMILES string of the molecule is C=S(=O)(CC[C@@H](C)OC)Cc1cnc2ccccc2c1.NO. The van der Waals surface area contributed by atoms with Gasteiger partial charge in [0.05, 0.1) is 11.6 Å². The standard InChI is InChI=1S/C16H21NO2S.H3NO/c1-13(19-2)8-9-20(3,18)12-14-10-15-6-4-5-7-16(15)17-11-14;1-2/h4-7,10-11,13H,3,8-9,12H2,1-2H3;2H,1H2/t13-,20?;/m1./s1. The molecule has 2 atom stereocenters. The summed E-state index contributed by atoms with van der Waals surface area (Å²) in [5, 5.41) is 7.57. The second-order valence-electron chi connectivity index (χ2n) is 5.19. The van der Waals surface area contributed by atoms with Crippen LogP contribution in [0.2, 0.25) is 0 Å². The van der Waals surface area contributed by atoms with Crippen molar-refractivity contribution in [3.05, 3.63) is 42.1 Å². The second kappa shape index (κ2) is 8.85. The number of rotatable bonds is 6. The van der Waals surface area contributed by atoms with Crippen LogP contribution in [-0.2, 0) is 20.0 Å². The normalized spacial score (nSPS) is 14.7. The first-order valence-corrected chi connectivity index (χ1v) is 9.01. The number of aromatic nitrogens is 1. The van der Waals surface area contributed by atoms with Gasteiger partial charge in [-0.25, -0.2) is 5.90 Å². The van der Waals surface area contributed by atoms with E-state index in [9.17, 15) is 4.21 Å². The number of nitrogens with zero attached hydrogens (tertiary/aromatic N) is 1. The lowest BCUT2D eigenvalue weighted by Gasteiger charge is -2.13. The highest BCUT2D eigenvalue weighted by Crippen LogP contribution is 2.15. The fourth-order valence-electron chi connectivity index (χ4n) is 2.07. The van der Waals surface area contributed by atoms with Gasteiger partial charge in [-0.1, -0.05) is 18.2 Å². The second-order valence-corrected chi connectivity index (χ2v) is 7.81. The molecular formula is C16H24N2O3S. The Labute approximate surface area is 132 Å². The van der Waals surface area contributed by atoms with Crippen molar-refractivity contribution in [1.29, 1.82) is 0 Å². The van der Waals surface area contributed by atoms with Crippen LogP contribution < -0.4 is 5.90 Å². The lowest BCUT2D eigenvalue weighted by Crippen LogP contribution is -2.15. The molecular weight excluding hydrogens is 300 g/mol. The lowest BCUT2D eigenvalue weighted by molar-refractivity contribution is 0.116. The molecule has 5 nitrogen and oxygen atoms in total. The summed E-state index contributed by atoms with van der Waals surface area (Å²) in [5.41, 5.74) is 1.94. The maximum Gasteiger partial charge on any atom is 0.0702 e. The molecule has 3 N–H and O–H groups in total. The minimum absolute atomic E-state index is 0.118. The highest BCUT2D eigenvalue weighted by atomic mass is 32.2. The Kier molecular flexibility index (Phi) is 7.47. The van der Waals surface area contributed by atoms with E-state index < -0.39 is 9.52 Å². The molecule has 0 aliphatic heterocycles. The zero-order valence-electron chi connectivity index (χ0n) is 13.1. The van der Waals surface area contributed by atoms with E-state index in [0.717, 1.165) is 22.9 Å². The maximum absolute atomic E-state index is 12.5. The van der Waals surface area contributed by atoms with Crippen molar-refractivity contribution in [3.8, 4) is 0 Å². The summed E-state index contributed by atoms with van der Waals surface area (Å²) in [6.45, 7) is 1.98. The summed E-state index contributed by atoms with van der Waals surface area (Å²) in [5.74, 6) is 8.45. The third-order valence-corrected chi connectivity index (χ3v) is 5.21. The minimum Gasteiger partial charge on any atom is -0.382 e. The van der Waals surface area contributed by atoms with Gasteiger partial charge in [-0.2, -0.15) is 0 Å². The van der Waals surface area contributed by atoms with Gasteiger partial charge in [0, 0.05) is 30.2 Å². The third kappa shape index (κ3) is 5.73. The number of pyridine rings is 1. The minimum atomic E-state index is -2.13. The quantitative estimate of drug-likeness (QED) is 0.628. The summed E-state index contributed by atoms with van der Waals surface area (Å²) < 4.78 is 17.7. The van der Waals surface area contributed by atoms with E-state index in [2.05, 4.69) is 16.8 Å². The molecule has 1 aromatic heterocycles. The van der Waals surface area contributed by atoms with Crippen LogP contribution in [0.4, 0.5) is 0 Å². The maximum atomic E-state index is 12.5. The number of benzene rings is 1. The fraction of sp³-hybridized carbons (Fsp3) is 0.375. The molecule has 0 bridgehead atoms. The number of para-hydroxylation sites is 1. The van der Waals surface area contributed by atoms with Crippen LogP contribution in [0.25, 0.3) is 10.9 Å². The van der Waals surface area contributed by atoms with Crippen molar-refractivity contribution in [2.75, 3.05) is 12.9 Å². The van der Waals surface area contributed by atoms with Gasteiger partial charge in [-0.3, -0.25) is 9.19 Å². The van der Waals surface area contributed by atoms with Crippen molar-refractivity contribution in [3.63, 3.8) is 0 Å². The predicted molar refractivity (Wildman–Crippen MR) is 92.6 cm³/mol. The molecule has 6 heteroatoms. The Morgan fingerprint density at radius 1 is 1.41 bits per heavy atom. The molecule has 1 unspecified atom stereocenters. The van der Waals surface area contributed by atoms with Crippen molar-refractivity contribution < 1.29 is 14.2 Å². The predicted octanol–water partition coefficient (Wildman–Crippen LogP) is 2.21. The number of fused-ring (bicyclic) bond motifs is 1. The van der Waals surface area contributed by atoms with Crippen molar-refractivity contribution >= 4 is 26.3 Å². The topological polar surface area (TPSA) is 85.4 Å². The summed E-state index contributed by atoms with van der Waals surface area (Å²) in [6.07, 6.45) is 2.68. The Balaban J connectivity index is 0.00000116. The van der Waals surface area contributed by atoms with Gasteiger partial charge in [0.15, 0.2) is 0 Å². The molecule has 2 rings (SSSR count). The fourth-order valence-corrected chi connectivity index (χ4v) is 3.74. The lowest BCUT2D eigenvalue weighted by atomic mass is 10.2. The molecule has 0 aliphatic rings. The van der Waals surface area contributed by atoms with E-state index in [1.807, 2.05) is 37.3 Å². The molecule has 1 heterocycles. The van der Waals surface area contributed by atoms with E-state index in [4.69, 9.17) is 9.94 Å². The average molecular weight is 324 g/mol. The van der Waals surface area contributed by atoms with Crippen LogP contribution in [0.15, 0.2) is 36.5 Å². The number of hydrogen-bond acceptors (Lipinski definition) is 5. The first-order chi connectivity index (χ1) is 10.5. The van der Waals surface area contributed by atoms with E-state index in [0.29, 0.717) is 11.5 Å². The van der Waals surface area contributed by atoms with Gasteiger partial charge >= 0.3 is 0 Å². The first kappa shape index (κ1) is 18.6. The Morgan fingerprint density at radius 3 is 2.77 bits per heavy atom. The Bertz CT molecular complexity index is 687. The zero-order valence-corrected chi connectivity index (χ0v) is 13.9. The Morgan fingerprint density at radius 2 is 2.09 bits per heavy atom. The summed E-state index contributed by atoms with van der Waals surface area (Å²) >= 11 is 0. The van der Waals surface area contributed by atoms with Gasteiger partial charge < -0.3 is 9.94 Å². The van der Waals surface area contributed by atoms with Gasteiger partial charge in [-0.05, 0) is 46.4 Å². The van der Waals surface area contributed by atoms with Crippen LogP contribution in [0.3, 0.4) is 0 Å². The molecule has 0 saturated heterocycles. The molecule has 2 aromatic rings. The molecule has 1 aromatic carbocycles. The number of ether oxygens (including phenoxy) is 1. The van der Waals surface area contributed by atoms with E-state index in [1.54, 1.807) is 13.3 Å². The molecule has 0 fully saturated rings. The van der Waals surface area contributed by atoms with Crippen LogP contribution in [-0.4, -0.2) is 39.2 Å². The highest BCUT2D eigenvalue weighted by molar-refractivity contribution is 7.99. The van der Waals surface area contributed by atoms with Crippen molar-refractivity contribution in [1.82, 2.24) is 4.98 Å². The van der Waals surface area contributed by atoms with Crippen LogP contribution in [0.1, 0.15) is 18.9 Å². The summed E-state index contributed by atoms with van der Waals surface area (Å²) in [7, 11) is -0.459. The molecule has 122 valence electrons. The van der Waals surface area contributed by atoms with Crippen molar-refractivity contribution in [2.45, 2.75) is 25.2 Å². The number of methoxy groups -OCH3 is 1. The van der Waals surface area contributed by atoms with Crippen LogP contribution in [0, 0.1) is 0 Å². The number of hydrogen-bond donors (Lipinski definition) is 2. The third-order valence-electron chi connectivity index (χ3n) is 3.38. The molecule has 22 heavy (non-hydrogen) atoms. The number of nitrogens with two attached hydrogens (primary N) is 1. The summed E-state index contributed by atoms with van der Waals surface area (Å²) in [6, 6.07) is 9.98. The van der Waals surface area contributed by atoms with Crippen LogP contribution >= 0.6 is 0 Å². The molecule has 0 spiro atoms.